The van der Waals surface area contributed by atoms with Crippen molar-refractivity contribution >= 4 is 38.7 Å². The van der Waals surface area contributed by atoms with Crippen molar-refractivity contribution < 1.29 is 14.7 Å². The van der Waals surface area contributed by atoms with Crippen molar-refractivity contribution in [2.24, 2.45) is 5.92 Å². The Labute approximate surface area is 137 Å². The van der Waals surface area contributed by atoms with Crippen LogP contribution in [0.1, 0.15) is 20.3 Å². The standard InChI is InChI=1S/C16H19BrN2O3/c1-10(2)7-13(16(21)22)18-15(20)9-19-6-5-11-8-12(17)3-4-14(11)19/h3-6,8,10,13H,7,9H2,1-2H3,(H,18,20)(H,21,22)/t13-/m1/s1. The van der Waals surface area contributed by atoms with Gasteiger partial charge in [-0.3, -0.25) is 4.79 Å². The van der Waals surface area contributed by atoms with Gasteiger partial charge in [-0.2, -0.15) is 0 Å². The highest BCUT2D eigenvalue weighted by molar-refractivity contribution is 9.10. The zero-order valence-corrected chi connectivity index (χ0v) is 14.1. The summed E-state index contributed by atoms with van der Waals surface area (Å²) in [6.45, 7) is 3.96. The predicted molar refractivity (Wildman–Crippen MR) is 88.7 cm³/mol. The van der Waals surface area contributed by atoms with Gasteiger partial charge >= 0.3 is 5.97 Å². The number of carboxylic acids is 1. The van der Waals surface area contributed by atoms with E-state index in [0.29, 0.717) is 6.42 Å². The van der Waals surface area contributed by atoms with Gasteiger partial charge in [0.15, 0.2) is 0 Å². The SMILES string of the molecule is CC(C)C[C@@H](NC(=O)Cn1ccc2cc(Br)ccc21)C(=O)O. The number of fused-ring (bicyclic) bond motifs is 1. The first-order chi connectivity index (χ1) is 10.4. The molecule has 1 amide bonds. The maximum atomic E-state index is 12.1. The molecular formula is C16H19BrN2O3. The Balaban J connectivity index is 2.08. The number of carboxylic acid groups (broad SMARTS) is 1. The summed E-state index contributed by atoms with van der Waals surface area (Å²) in [7, 11) is 0. The van der Waals surface area contributed by atoms with Crippen LogP contribution in [0, 0.1) is 5.92 Å². The molecule has 0 aliphatic rings. The Morgan fingerprint density at radius 2 is 2.05 bits per heavy atom. The molecule has 1 aromatic carbocycles. The quantitative estimate of drug-likeness (QED) is 0.825. The first-order valence-corrected chi connectivity index (χ1v) is 7.92. The molecule has 0 bridgehead atoms. The molecule has 2 N–H and O–H groups in total. The molecule has 0 radical (unpaired) electrons. The summed E-state index contributed by atoms with van der Waals surface area (Å²) in [6.07, 6.45) is 2.25. The van der Waals surface area contributed by atoms with Gasteiger partial charge in [0.2, 0.25) is 5.91 Å². The van der Waals surface area contributed by atoms with E-state index in [9.17, 15) is 14.7 Å². The number of amides is 1. The van der Waals surface area contributed by atoms with Crippen molar-refractivity contribution in [1.29, 1.82) is 0 Å². The number of carbonyl (C=O) groups is 2. The van der Waals surface area contributed by atoms with Crippen molar-refractivity contribution in [3.05, 3.63) is 34.9 Å². The van der Waals surface area contributed by atoms with Gasteiger partial charge in [-0.05, 0) is 36.6 Å². The van der Waals surface area contributed by atoms with Crippen LogP contribution in [0.4, 0.5) is 0 Å². The maximum Gasteiger partial charge on any atom is 0.326 e. The van der Waals surface area contributed by atoms with E-state index in [1.54, 1.807) is 0 Å². The number of halogens is 1. The predicted octanol–water partition coefficient (Wildman–Crippen LogP) is 3.02. The summed E-state index contributed by atoms with van der Waals surface area (Å²) in [4.78, 5) is 23.3. The van der Waals surface area contributed by atoms with Crippen LogP contribution in [0.25, 0.3) is 10.9 Å². The van der Waals surface area contributed by atoms with E-state index in [1.807, 2.05) is 48.9 Å². The Kier molecular flexibility index (Phi) is 5.24. The number of nitrogens with one attached hydrogen (secondary N) is 1. The van der Waals surface area contributed by atoms with Crippen LogP contribution in [0.3, 0.4) is 0 Å². The molecule has 0 saturated heterocycles. The summed E-state index contributed by atoms with van der Waals surface area (Å²) in [5, 5.41) is 12.8. The second-order valence-electron chi connectivity index (χ2n) is 5.73. The molecule has 22 heavy (non-hydrogen) atoms. The minimum Gasteiger partial charge on any atom is -0.480 e. The minimum atomic E-state index is -0.997. The van der Waals surface area contributed by atoms with Crippen LogP contribution in [-0.4, -0.2) is 27.6 Å². The molecule has 0 aliphatic heterocycles. The lowest BCUT2D eigenvalue weighted by Gasteiger charge is -2.17. The van der Waals surface area contributed by atoms with Crippen molar-refractivity contribution in [3.8, 4) is 0 Å². The third-order valence-corrected chi connectivity index (χ3v) is 3.88. The average molecular weight is 367 g/mol. The fraction of sp³-hybridized carbons (Fsp3) is 0.375. The average Bonchev–Trinajstić information content (AvgIpc) is 2.79. The maximum absolute atomic E-state index is 12.1. The number of hydrogen-bond acceptors (Lipinski definition) is 2. The van der Waals surface area contributed by atoms with E-state index in [0.717, 1.165) is 15.4 Å². The molecule has 2 rings (SSSR count). The van der Waals surface area contributed by atoms with Gasteiger partial charge in [-0.1, -0.05) is 29.8 Å². The van der Waals surface area contributed by atoms with Gasteiger partial charge in [0.05, 0.1) is 0 Å². The fourth-order valence-electron chi connectivity index (χ4n) is 2.40. The molecule has 118 valence electrons. The smallest absolute Gasteiger partial charge is 0.326 e. The van der Waals surface area contributed by atoms with E-state index < -0.39 is 12.0 Å². The summed E-state index contributed by atoms with van der Waals surface area (Å²) in [5.74, 6) is -1.09. The Hall–Kier alpha value is -1.82. The molecule has 0 unspecified atom stereocenters. The number of aliphatic carboxylic acids is 1. The lowest BCUT2D eigenvalue weighted by Crippen LogP contribution is -2.43. The van der Waals surface area contributed by atoms with Gasteiger partial charge in [0.1, 0.15) is 12.6 Å². The van der Waals surface area contributed by atoms with Crippen molar-refractivity contribution in [2.75, 3.05) is 0 Å². The zero-order chi connectivity index (χ0) is 16.3. The first kappa shape index (κ1) is 16.5. The van der Waals surface area contributed by atoms with Crippen LogP contribution in [0.5, 0.6) is 0 Å². The summed E-state index contributed by atoms with van der Waals surface area (Å²) in [5.41, 5.74) is 0.939. The zero-order valence-electron chi connectivity index (χ0n) is 12.5. The lowest BCUT2D eigenvalue weighted by atomic mass is 10.0. The van der Waals surface area contributed by atoms with Gasteiger partial charge in [-0.15, -0.1) is 0 Å². The molecule has 0 aliphatic carbocycles. The van der Waals surface area contributed by atoms with Crippen molar-refractivity contribution in [1.82, 2.24) is 9.88 Å². The summed E-state index contributed by atoms with van der Waals surface area (Å²) in [6, 6.07) is 6.90. The molecule has 2 aromatic rings. The van der Waals surface area contributed by atoms with E-state index in [4.69, 9.17) is 0 Å². The highest BCUT2D eigenvalue weighted by Crippen LogP contribution is 2.20. The fourth-order valence-corrected chi connectivity index (χ4v) is 2.78. The summed E-state index contributed by atoms with van der Waals surface area (Å²) >= 11 is 3.41. The Morgan fingerprint density at radius 3 is 2.68 bits per heavy atom. The minimum absolute atomic E-state index is 0.104. The van der Waals surface area contributed by atoms with Crippen LogP contribution in [-0.2, 0) is 16.1 Å². The third kappa shape index (κ3) is 4.10. The molecule has 1 heterocycles. The Morgan fingerprint density at radius 1 is 1.32 bits per heavy atom. The topological polar surface area (TPSA) is 71.3 Å². The van der Waals surface area contributed by atoms with Crippen LogP contribution in [0.15, 0.2) is 34.9 Å². The number of carbonyl (C=O) groups excluding carboxylic acids is 1. The van der Waals surface area contributed by atoms with Crippen LogP contribution < -0.4 is 5.32 Å². The van der Waals surface area contributed by atoms with Gasteiger partial charge < -0.3 is 15.0 Å². The monoisotopic (exact) mass is 366 g/mol. The van der Waals surface area contributed by atoms with E-state index in [2.05, 4.69) is 21.2 Å². The molecular weight excluding hydrogens is 348 g/mol. The number of benzene rings is 1. The molecule has 6 heteroatoms. The highest BCUT2D eigenvalue weighted by Gasteiger charge is 2.21. The number of rotatable bonds is 6. The highest BCUT2D eigenvalue weighted by atomic mass is 79.9. The van der Waals surface area contributed by atoms with Gasteiger partial charge in [0.25, 0.3) is 0 Å². The molecule has 1 aromatic heterocycles. The molecule has 5 nitrogen and oxygen atoms in total. The second kappa shape index (κ2) is 6.96. The summed E-state index contributed by atoms with van der Waals surface area (Å²) < 4.78 is 2.79. The molecule has 0 fully saturated rings. The lowest BCUT2D eigenvalue weighted by molar-refractivity contribution is -0.142. The second-order valence-corrected chi connectivity index (χ2v) is 6.65. The van der Waals surface area contributed by atoms with Crippen LogP contribution in [0.2, 0.25) is 0 Å². The van der Waals surface area contributed by atoms with Gasteiger partial charge in [-0.25, -0.2) is 4.79 Å². The normalized spacial score (nSPS) is 12.5. The number of hydrogen-bond donors (Lipinski definition) is 2. The first-order valence-electron chi connectivity index (χ1n) is 7.13. The number of nitrogens with zero attached hydrogens (tertiary/aromatic N) is 1. The van der Waals surface area contributed by atoms with E-state index in [1.165, 1.54) is 0 Å². The third-order valence-electron chi connectivity index (χ3n) is 3.39. The molecule has 0 saturated carbocycles. The van der Waals surface area contributed by atoms with E-state index >= 15 is 0 Å². The van der Waals surface area contributed by atoms with Gasteiger partial charge in [0, 0.05) is 21.6 Å². The largest absolute Gasteiger partial charge is 0.480 e. The van der Waals surface area contributed by atoms with Crippen LogP contribution >= 0.6 is 15.9 Å². The van der Waals surface area contributed by atoms with E-state index in [-0.39, 0.29) is 18.4 Å². The molecule has 1 atom stereocenters. The Bertz CT molecular complexity index is 694. The molecule has 0 spiro atoms. The van der Waals surface area contributed by atoms with Crippen molar-refractivity contribution in [2.45, 2.75) is 32.9 Å². The van der Waals surface area contributed by atoms with Crippen molar-refractivity contribution in [3.63, 3.8) is 0 Å². The number of aromatic nitrogens is 1.